The first-order chi connectivity index (χ1) is 15.3. The van der Waals surface area contributed by atoms with E-state index in [0.29, 0.717) is 5.56 Å². The summed E-state index contributed by atoms with van der Waals surface area (Å²) in [4.78, 5) is 12.6. The molecule has 0 bridgehead atoms. The number of amides is 1. The highest BCUT2D eigenvalue weighted by atomic mass is 35.5. The molecule has 0 atom stereocenters. The molecule has 3 aromatic rings. The van der Waals surface area contributed by atoms with Crippen molar-refractivity contribution in [2.45, 2.75) is 4.90 Å². The number of methoxy groups -OCH3 is 1. The quantitative estimate of drug-likeness (QED) is 0.385. The van der Waals surface area contributed by atoms with Gasteiger partial charge in [-0.25, -0.2) is 13.8 Å². The summed E-state index contributed by atoms with van der Waals surface area (Å²) in [5.74, 6) is -0.458. The topological polar surface area (TPSA) is 108 Å². The van der Waals surface area contributed by atoms with Gasteiger partial charge in [-0.3, -0.25) is 9.10 Å². The number of phenolic OH excluding ortho intramolecular Hbond substituents is 1. The summed E-state index contributed by atoms with van der Waals surface area (Å²) < 4.78 is 32.4. The van der Waals surface area contributed by atoms with Gasteiger partial charge in [0.05, 0.1) is 28.9 Å². The SMILES string of the molecule is COc1cc(/C=N\NC(=O)CN(c2ccccc2Cl)S(=O)(=O)c2ccccc2)ccc1O. The Kier molecular flexibility index (Phi) is 7.34. The van der Waals surface area contributed by atoms with Gasteiger partial charge in [-0.1, -0.05) is 41.9 Å². The third-order valence-corrected chi connectivity index (χ3v) is 6.44. The first-order valence-corrected chi connectivity index (χ1v) is 11.2. The van der Waals surface area contributed by atoms with Gasteiger partial charge in [-0.15, -0.1) is 0 Å². The number of rotatable bonds is 8. The number of phenols is 1. The highest BCUT2D eigenvalue weighted by Crippen LogP contribution is 2.30. The predicted molar refractivity (Wildman–Crippen MR) is 123 cm³/mol. The molecule has 1 amide bonds. The number of anilines is 1. The van der Waals surface area contributed by atoms with Crippen molar-refractivity contribution in [3.63, 3.8) is 0 Å². The van der Waals surface area contributed by atoms with Gasteiger partial charge < -0.3 is 9.84 Å². The molecule has 0 aliphatic rings. The summed E-state index contributed by atoms with van der Waals surface area (Å²) in [6.07, 6.45) is 1.34. The van der Waals surface area contributed by atoms with Gasteiger partial charge >= 0.3 is 0 Å². The minimum Gasteiger partial charge on any atom is -0.504 e. The van der Waals surface area contributed by atoms with Gasteiger partial charge in [0.2, 0.25) is 0 Å². The first kappa shape index (κ1) is 23.1. The number of aromatic hydroxyl groups is 1. The van der Waals surface area contributed by atoms with Crippen LogP contribution in [0.5, 0.6) is 11.5 Å². The average molecular weight is 474 g/mol. The van der Waals surface area contributed by atoms with Crippen LogP contribution in [0.4, 0.5) is 5.69 Å². The molecule has 8 nitrogen and oxygen atoms in total. The number of benzene rings is 3. The van der Waals surface area contributed by atoms with Crippen LogP contribution in [0.2, 0.25) is 5.02 Å². The van der Waals surface area contributed by atoms with Gasteiger partial charge in [-0.05, 0) is 48.0 Å². The van der Waals surface area contributed by atoms with Crippen molar-refractivity contribution < 1.29 is 23.1 Å². The number of para-hydroxylation sites is 1. The number of hydrogen-bond acceptors (Lipinski definition) is 6. The van der Waals surface area contributed by atoms with E-state index in [1.165, 1.54) is 43.7 Å². The summed E-state index contributed by atoms with van der Waals surface area (Å²) in [5.41, 5.74) is 3.03. The first-order valence-electron chi connectivity index (χ1n) is 9.34. The number of nitrogens with one attached hydrogen (secondary N) is 1. The monoisotopic (exact) mass is 473 g/mol. The molecule has 10 heteroatoms. The lowest BCUT2D eigenvalue weighted by Crippen LogP contribution is -2.39. The van der Waals surface area contributed by atoms with E-state index in [2.05, 4.69) is 10.5 Å². The van der Waals surface area contributed by atoms with Crippen LogP contribution in [0.1, 0.15) is 5.56 Å². The van der Waals surface area contributed by atoms with Crippen molar-refractivity contribution >= 4 is 39.4 Å². The molecule has 0 saturated heterocycles. The van der Waals surface area contributed by atoms with Crippen molar-refractivity contribution in [2.75, 3.05) is 18.0 Å². The third-order valence-electron chi connectivity index (χ3n) is 4.35. The number of nitrogens with zero attached hydrogens (tertiary/aromatic N) is 2. The lowest BCUT2D eigenvalue weighted by molar-refractivity contribution is -0.119. The van der Waals surface area contributed by atoms with Crippen molar-refractivity contribution in [3.05, 3.63) is 83.4 Å². The fourth-order valence-corrected chi connectivity index (χ4v) is 4.54. The maximum absolute atomic E-state index is 13.2. The number of ether oxygens (including phenoxy) is 1. The van der Waals surface area contributed by atoms with Crippen molar-refractivity contribution in [2.24, 2.45) is 5.10 Å². The zero-order valence-electron chi connectivity index (χ0n) is 17.0. The second-order valence-corrected chi connectivity index (χ2v) is 8.77. The Morgan fingerprint density at radius 3 is 2.50 bits per heavy atom. The molecular formula is C22H20ClN3O5S. The molecule has 0 aliphatic carbocycles. The predicted octanol–water partition coefficient (Wildman–Crippen LogP) is 3.40. The van der Waals surface area contributed by atoms with E-state index in [-0.39, 0.29) is 27.1 Å². The number of carbonyl (C=O) groups is 1. The Hall–Kier alpha value is -3.56. The lowest BCUT2D eigenvalue weighted by Gasteiger charge is -2.24. The molecule has 0 saturated carbocycles. The Labute approximate surface area is 190 Å². The van der Waals surface area contributed by atoms with Gasteiger partial charge in [-0.2, -0.15) is 5.10 Å². The fraction of sp³-hybridized carbons (Fsp3) is 0.0909. The van der Waals surface area contributed by atoms with E-state index in [9.17, 15) is 18.3 Å². The second-order valence-electron chi connectivity index (χ2n) is 6.50. The maximum Gasteiger partial charge on any atom is 0.264 e. The van der Waals surface area contributed by atoms with Gasteiger partial charge in [0.15, 0.2) is 11.5 Å². The van der Waals surface area contributed by atoms with E-state index in [4.69, 9.17) is 16.3 Å². The summed E-state index contributed by atoms with van der Waals surface area (Å²) in [7, 11) is -2.66. The van der Waals surface area contributed by atoms with Crippen LogP contribution in [0.25, 0.3) is 0 Å². The van der Waals surface area contributed by atoms with Crippen molar-refractivity contribution in [1.82, 2.24) is 5.43 Å². The van der Waals surface area contributed by atoms with Crippen LogP contribution in [0.15, 0.2) is 82.8 Å². The Balaban J connectivity index is 1.82. The molecule has 0 spiro atoms. The largest absolute Gasteiger partial charge is 0.504 e. The molecule has 2 N–H and O–H groups in total. The second kappa shape index (κ2) is 10.2. The van der Waals surface area contributed by atoms with E-state index in [1.54, 1.807) is 42.5 Å². The standard InChI is InChI=1S/C22H20ClN3O5S/c1-31-21-13-16(11-12-20(21)27)14-24-25-22(28)15-26(19-10-6-5-9-18(19)23)32(29,30)17-7-3-2-4-8-17/h2-14,27H,15H2,1H3,(H,25,28)/b24-14-. The zero-order chi connectivity index (χ0) is 23.1. The molecule has 32 heavy (non-hydrogen) atoms. The third kappa shape index (κ3) is 5.37. The number of sulfonamides is 1. The van der Waals surface area contributed by atoms with Crippen molar-refractivity contribution in [1.29, 1.82) is 0 Å². The van der Waals surface area contributed by atoms with Crippen LogP contribution < -0.4 is 14.5 Å². The molecule has 3 rings (SSSR count). The van der Waals surface area contributed by atoms with Gasteiger partial charge in [0, 0.05) is 0 Å². The molecular weight excluding hydrogens is 454 g/mol. The number of carbonyl (C=O) groups excluding carboxylic acids is 1. The summed E-state index contributed by atoms with van der Waals surface area (Å²) >= 11 is 6.22. The highest BCUT2D eigenvalue weighted by molar-refractivity contribution is 7.92. The van der Waals surface area contributed by atoms with Crippen LogP contribution in [-0.2, 0) is 14.8 Å². The van der Waals surface area contributed by atoms with E-state index < -0.39 is 22.5 Å². The molecule has 0 heterocycles. The molecule has 0 aromatic heterocycles. The average Bonchev–Trinajstić information content (AvgIpc) is 2.79. The van der Waals surface area contributed by atoms with Crippen molar-refractivity contribution in [3.8, 4) is 11.5 Å². The van der Waals surface area contributed by atoms with Gasteiger partial charge in [0.1, 0.15) is 6.54 Å². The van der Waals surface area contributed by atoms with E-state index in [0.717, 1.165) is 4.31 Å². The Morgan fingerprint density at radius 1 is 1.12 bits per heavy atom. The molecule has 0 aliphatic heterocycles. The fourth-order valence-electron chi connectivity index (χ4n) is 2.79. The van der Waals surface area contributed by atoms with Gasteiger partial charge in [0.25, 0.3) is 15.9 Å². The molecule has 0 unspecified atom stereocenters. The number of hydrazone groups is 1. The smallest absolute Gasteiger partial charge is 0.264 e. The summed E-state index contributed by atoms with van der Waals surface area (Å²) in [6.45, 7) is -0.544. The van der Waals surface area contributed by atoms with Crippen LogP contribution in [0.3, 0.4) is 0 Å². The van der Waals surface area contributed by atoms with Crippen LogP contribution >= 0.6 is 11.6 Å². The Bertz CT molecular complexity index is 1230. The molecule has 3 aromatic carbocycles. The van der Waals surface area contributed by atoms with E-state index >= 15 is 0 Å². The number of hydrogen-bond donors (Lipinski definition) is 2. The molecule has 0 radical (unpaired) electrons. The Morgan fingerprint density at radius 2 is 1.81 bits per heavy atom. The van der Waals surface area contributed by atoms with Crippen LogP contribution in [0, 0.1) is 0 Å². The van der Waals surface area contributed by atoms with E-state index in [1.807, 2.05) is 0 Å². The highest BCUT2D eigenvalue weighted by Gasteiger charge is 2.28. The summed E-state index contributed by atoms with van der Waals surface area (Å²) in [6, 6.07) is 18.6. The lowest BCUT2D eigenvalue weighted by atomic mass is 10.2. The zero-order valence-corrected chi connectivity index (χ0v) is 18.5. The number of halogens is 1. The molecule has 166 valence electrons. The minimum atomic E-state index is -4.07. The normalized spacial score (nSPS) is 11.3. The summed E-state index contributed by atoms with van der Waals surface area (Å²) in [5, 5.41) is 13.7. The molecule has 0 fully saturated rings. The maximum atomic E-state index is 13.2. The minimum absolute atomic E-state index is 0.0207. The van der Waals surface area contributed by atoms with Crippen LogP contribution in [-0.4, -0.2) is 39.3 Å².